The van der Waals surface area contributed by atoms with Gasteiger partial charge in [0.05, 0.1) is 16.2 Å². The zero-order valence-corrected chi connectivity index (χ0v) is 9.16. The maximum Gasteiger partial charge on any atom is 0.0595 e. The van der Waals surface area contributed by atoms with Gasteiger partial charge < -0.3 is 11.5 Å². The molecular formula is C8H11Cl3N2. The van der Waals surface area contributed by atoms with Gasteiger partial charge in [0, 0.05) is 6.42 Å². The maximum atomic E-state index is 5.78. The molecule has 0 fully saturated rings. The third kappa shape index (κ3) is 4.16. The fourth-order valence-electron chi connectivity index (χ4n) is 0.939. The summed E-state index contributed by atoms with van der Waals surface area (Å²) in [6.07, 6.45) is 0.263. The van der Waals surface area contributed by atoms with Crippen molar-refractivity contribution in [3.8, 4) is 0 Å². The van der Waals surface area contributed by atoms with Crippen molar-refractivity contribution in [2.75, 3.05) is 0 Å². The predicted octanol–water partition coefficient (Wildman–Crippen LogP) is 2.20. The lowest BCUT2D eigenvalue weighted by Gasteiger charge is -2.05. The molecule has 13 heavy (non-hydrogen) atoms. The minimum atomic E-state index is -0.345. The molecule has 4 N–H and O–H groups in total. The molecule has 0 radical (unpaired) electrons. The SMILES string of the molecule is Cl.NC(N)Cc1ccc(Cl)c(Cl)c1. The lowest BCUT2D eigenvalue weighted by Crippen LogP contribution is -2.32. The van der Waals surface area contributed by atoms with E-state index in [0.29, 0.717) is 16.5 Å². The van der Waals surface area contributed by atoms with Gasteiger partial charge in [0.25, 0.3) is 0 Å². The molecule has 0 heterocycles. The van der Waals surface area contributed by atoms with Gasteiger partial charge in [-0.15, -0.1) is 12.4 Å². The molecule has 2 nitrogen and oxygen atoms in total. The second-order valence-electron chi connectivity index (χ2n) is 2.62. The van der Waals surface area contributed by atoms with E-state index in [4.69, 9.17) is 34.7 Å². The predicted molar refractivity (Wildman–Crippen MR) is 59.6 cm³/mol. The standard InChI is InChI=1S/C8H10Cl2N2.ClH/c9-6-2-1-5(3-7(6)10)4-8(11)12;/h1-3,8H,4,11-12H2;1H. The first kappa shape index (κ1) is 13.0. The summed E-state index contributed by atoms with van der Waals surface area (Å²) in [5.74, 6) is 0. The highest BCUT2D eigenvalue weighted by Gasteiger charge is 2.01. The van der Waals surface area contributed by atoms with Crippen LogP contribution >= 0.6 is 35.6 Å². The molecule has 0 spiro atoms. The van der Waals surface area contributed by atoms with Crippen LogP contribution in [0.25, 0.3) is 0 Å². The Morgan fingerprint density at radius 1 is 1.15 bits per heavy atom. The van der Waals surface area contributed by atoms with Crippen LogP contribution in [0.4, 0.5) is 0 Å². The highest BCUT2D eigenvalue weighted by atomic mass is 35.5. The number of benzene rings is 1. The van der Waals surface area contributed by atoms with Gasteiger partial charge in [-0.25, -0.2) is 0 Å². The summed E-state index contributed by atoms with van der Waals surface area (Å²) >= 11 is 11.5. The first-order chi connectivity index (χ1) is 5.59. The first-order valence-electron chi connectivity index (χ1n) is 3.54. The molecule has 0 atom stereocenters. The van der Waals surface area contributed by atoms with Crippen LogP contribution in [-0.4, -0.2) is 6.17 Å². The van der Waals surface area contributed by atoms with E-state index in [2.05, 4.69) is 0 Å². The molecule has 0 saturated carbocycles. The molecule has 1 aromatic rings. The Balaban J connectivity index is 0.00000144. The number of nitrogens with two attached hydrogens (primary N) is 2. The highest BCUT2D eigenvalue weighted by Crippen LogP contribution is 2.22. The van der Waals surface area contributed by atoms with E-state index < -0.39 is 0 Å². The van der Waals surface area contributed by atoms with Gasteiger partial charge in [-0.1, -0.05) is 29.3 Å². The average molecular weight is 242 g/mol. The number of hydrogen-bond acceptors (Lipinski definition) is 2. The molecule has 0 bridgehead atoms. The molecule has 0 aliphatic rings. The Morgan fingerprint density at radius 2 is 1.77 bits per heavy atom. The Labute approximate surface area is 93.6 Å². The van der Waals surface area contributed by atoms with E-state index in [1.807, 2.05) is 6.07 Å². The van der Waals surface area contributed by atoms with Crippen molar-refractivity contribution < 1.29 is 0 Å². The molecule has 0 aliphatic carbocycles. The average Bonchev–Trinajstić information content (AvgIpc) is 1.96. The van der Waals surface area contributed by atoms with Gasteiger partial charge >= 0.3 is 0 Å². The zero-order chi connectivity index (χ0) is 9.14. The molecule has 5 heteroatoms. The van der Waals surface area contributed by atoms with Gasteiger partial charge in [-0.3, -0.25) is 0 Å². The van der Waals surface area contributed by atoms with Gasteiger partial charge in [0.2, 0.25) is 0 Å². The van der Waals surface area contributed by atoms with Crippen molar-refractivity contribution in [3.63, 3.8) is 0 Å². The van der Waals surface area contributed by atoms with Crippen LogP contribution in [0.1, 0.15) is 5.56 Å². The van der Waals surface area contributed by atoms with Gasteiger partial charge in [0.15, 0.2) is 0 Å². The van der Waals surface area contributed by atoms with Crippen molar-refractivity contribution in [2.24, 2.45) is 11.5 Å². The van der Waals surface area contributed by atoms with Crippen LogP contribution in [0.5, 0.6) is 0 Å². The van der Waals surface area contributed by atoms with Gasteiger partial charge in [-0.2, -0.15) is 0 Å². The summed E-state index contributed by atoms with van der Waals surface area (Å²) in [4.78, 5) is 0. The summed E-state index contributed by atoms with van der Waals surface area (Å²) in [6.45, 7) is 0. The molecule has 0 aromatic heterocycles. The van der Waals surface area contributed by atoms with Crippen molar-refractivity contribution in [1.82, 2.24) is 0 Å². The van der Waals surface area contributed by atoms with E-state index in [-0.39, 0.29) is 18.6 Å². The quantitative estimate of drug-likeness (QED) is 0.780. The van der Waals surface area contributed by atoms with Crippen LogP contribution in [0.3, 0.4) is 0 Å². The first-order valence-corrected chi connectivity index (χ1v) is 4.30. The Bertz CT molecular complexity index is 276. The van der Waals surface area contributed by atoms with Crippen molar-refractivity contribution in [2.45, 2.75) is 12.6 Å². The summed E-state index contributed by atoms with van der Waals surface area (Å²) < 4.78 is 0. The van der Waals surface area contributed by atoms with Crippen molar-refractivity contribution in [3.05, 3.63) is 33.8 Å². The summed E-state index contributed by atoms with van der Waals surface area (Å²) in [6, 6.07) is 5.37. The minimum Gasteiger partial charge on any atom is -0.316 e. The van der Waals surface area contributed by atoms with Crippen LogP contribution in [-0.2, 0) is 6.42 Å². The highest BCUT2D eigenvalue weighted by molar-refractivity contribution is 6.42. The monoisotopic (exact) mass is 240 g/mol. The van der Waals surface area contributed by atoms with Crippen LogP contribution < -0.4 is 11.5 Å². The molecule has 0 amide bonds. The number of rotatable bonds is 2. The van der Waals surface area contributed by atoms with Crippen LogP contribution in [0.15, 0.2) is 18.2 Å². The molecule has 1 rings (SSSR count). The van der Waals surface area contributed by atoms with E-state index >= 15 is 0 Å². The molecule has 74 valence electrons. The van der Waals surface area contributed by atoms with Crippen molar-refractivity contribution in [1.29, 1.82) is 0 Å². The summed E-state index contributed by atoms with van der Waals surface area (Å²) in [7, 11) is 0. The Morgan fingerprint density at radius 3 is 2.23 bits per heavy atom. The van der Waals surface area contributed by atoms with E-state index in [1.54, 1.807) is 12.1 Å². The van der Waals surface area contributed by atoms with E-state index in [9.17, 15) is 0 Å². The molecule has 0 unspecified atom stereocenters. The van der Waals surface area contributed by atoms with Crippen LogP contribution in [0, 0.1) is 0 Å². The summed E-state index contributed by atoms with van der Waals surface area (Å²) in [5.41, 5.74) is 11.8. The smallest absolute Gasteiger partial charge is 0.0595 e. The second kappa shape index (κ2) is 5.68. The third-order valence-electron chi connectivity index (χ3n) is 1.46. The topological polar surface area (TPSA) is 52.0 Å². The molecular weight excluding hydrogens is 230 g/mol. The fourth-order valence-corrected chi connectivity index (χ4v) is 1.26. The Hall–Kier alpha value is 0.01000. The second-order valence-corrected chi connectivity index (χ2v) is 3.43. The lowest BCUT2D eigenvalue weighted by atomic mass is 10.1. The van der Waals surface area contributed by atoms with E-state index in [1.165, 1.54) is 0 Å². The van der Waals surface area contributed by atoms with Crippen molar-refractivity contribution >= 4 is 35.6 Å². The van der Waals surface area contributed by atoms with Gasteiger partial charge in [-0.05, 0) is 17.7 Å². The zero-order valence-electron chi connectivity index (χ0n) is 6.84. The largest absolute Gasteiger partial charge is 0.316 e. The normalized spacial score (nSPS) is 9.92. The minimum absolute atomic E-state index is 0. The summed E-state index contributed by atoms with van der Waals surface area (Å²) in [5, 5.41) is 1.08. The van der Waals surface area contributed by atoms with E-state index in [0.717, 1.165) is 5.56 Å². The van der Waals surface area contributed by atoms with Crippen LogP contribution in [0.2, 0.25) is 10.0 Å². The lowest BCUT2D eigenvalue weighted by molar-refractivity contribution is 0.703. The molecule has 1 aromatic carbocycles. The number of halogens is 3. The maximum absolute atomic E-state index is 5.78. The van der Waals surface area contributed by atoms with Gasteiger partial charge in [0.1, 0.15) is 0 Å². The molecule has 0 saturated heterocycles. The number of hydrogen-bond donors (Lipinski definition) is 2. The fraction of sp³-hybridized carbons (Fsp3) is 0.250. The third-order valence-corrected chi connectivity index (χ3v) is 2.19. The Kier molecular flexibility index (Phi) is 5.68. The molecule has 0 aliphatic heterocycles.